The van der Waals surface area contributed by atoms with Gasteiger partial charge in [0.2, 0.25) is 5.89 Å². The summed E-state index contributed by atoms with van der Waals surface area (Å²) in [4.78, 5) is 24.4. The molecule has 0 spiro atoms. The first-order valence-electron chi connectivity index (χ1n) is 9.05. The zero-order valence-corrected chi connectivity index (χ0v) is 18.5. The molecule has 0 N–H and O–H groups in total. The molecular weight excluding hydrogens is 412 g/mol. The molecule has 1 atom stereocenters. The number of aromatic nitrogens is 4. The van der Waals surface area contributed by atoms with Crippen LogP contribution in [-0.2, 0) is 6.54 Å². The van der Waals surface area contributed by atoms with Gasteiger partial charge in [-0.2, -0.15) is 4.98 Å². The minimum absolute atomic E-state index is 0.000230. The predicted octanol–water partition coefficient (Wildman–Crippen LogP) is 5.57. The Morgan fingerprint density at radius 2 is 2.07 bits per heavy atom. The van der Waals surface area contributed by atoms with Gasteiger partial charge in [0.05, 0.1) is 10.6 Å². The van der Waals surface area contributed by atoms with Gasteiger partial charge in [-0.15, -0.1) is 22.7 Å². The Hall–Kier alpha value is -1.97. The normalized spacial score (nSPS) is 12.9. The van der Waals surface area contributed by atoms with Gasteiger partial charge in [0.1, 0.15) is 4.83 Å². The zero-order chi connectivity index (χ0) is 19.8. The highest BCUT2D eigenvalue weighted by Crippen LogP contribution is 2.37. The summed E-state index contributed by atoms with van der Waals surface area (Å²) in [5, 5.41) is 9.36. The Balaban J connectivity index is 1.74. The van der Waals surface area contributed by atoms with Gasteiger partial charge in [-0.1, -0.05) is 36.8 Å². The molecule has 0 aliphatic carbocycles. The van der Waals surface area contributed by atoms with E-state index in [4.69, 9.17) is 9.51 Å². The van der Waals surface area contributed by atoms with Gasteiger partial charge in [0.15, 0.2) is 11.0 Å². The Kier molecular flexibility index (Phi) is 5.39. The fourth-order valence-corrected chi connectivity index (χ4v) is 5.65. The van der Waals surface area contributed by atoms with Crippen molar-refractivity contribution in [1.82, 2.24) is 19.7 Å². The first-order valence-corrected chi connectivity index (χ1v) is 11.7. The summed E-state index contributed by atoms with van der Waals surface area (Å²) in [6.07, 6.45) is 0. The summed E-state index contributed by atoms with van der Waals surface area (Å²) >= 11 is 4.61. The second-order valence-corrected chi connectivity index (χ2v) is 9.77. The van der Waals surface area contributed by atoms with Crippen molar-refractivity contribution < 1.29 is 4.52 Å². The van der Waals surface area contributed by atoms with E-state index in [0.717, 1.165) is 15.3 Å². The molecule has 146 valence electrons. The van der Waals surface area contributed by atoms with E-state index < -0.39 is 0 Å². The maximum atomic E-state index is 13.2. The lowest BCUT2D eigenvalue weighted by Crippen LogP contribution is -2.22. The summed E-state index contributed by atoms with van der Waals surface area (Å²) in [5.74, 6) is 1.45. The third kappa shape index (κ3) is 3.42. The van der Waals surface area contributed by atoms with Crippen LogP contribution >= 0.6 is 34.4 Å². The summed E-state index contributed by atoms with van der Waals surface area (Å²) in [6.45, 7) is 8.56. The lowest BCUT2D eigenvalue weighted by molar-refractivity contribution is 0.372. The highest BCUT2D eigenvalue weighted by molar-refractivity contribution is 7.99. The van der Waals surface area contributed by atoms with E-state index in [0.29, 0.717) is 28.8 Å². The van der Waals surface area contributed by atoms with E-state index >= 15 is 0 Å². The molecule has 0 aliphatic rings. The molecule has 4 rings (SSSR count). The summed E-state index contributed by atoms with van der Waals surface area (Å²) in [5.41, 5.74) is 0.970. The highest BCUT2D eigenvalue weighted by atomic mass is 32.2. The van der Waals surface area contributed by atoms with Crippen molar-refractivity contribution in [3.8, 4) is 10.4 Å². The molecular formula is C19H20N4O2S3. The first kappa shape index (κ1) is 19.4. The minimum atomic E-state index is -0.0983. The number of fused-ring (bicyclic) bond motifs is 1. The molecule has 4 aromatic heterocycles. The van der Waals surface area contributed by atoms with Crippen LogP contribution in [0.2, 0.25) is 0 Å². The molecule has 0 unspecified atom stereocenters. The van der Waals surface area contributed by atoms with Gasteiger partial charge in [-0.25, -0.2) is 4.98 Å². The van der Waals surface area contributed by atoms with Crippen LogP contribution in [0.15, 0.2) is 37.4 Å². The van der Waals surface area contributed by atoms with Crippen LogP contribution in [0, 0.1) is 0 Å². The molecule has 0 bridgehead atoms. The molecule has 0 aliphatic heterocycles. The molecule has 0 amide bonds. The number of nitrogens with zero attached hydrogens (tertiary/aromatic N) is 4. The largest absolute Gasteiger partial charge is 0.338 e. The maximum absolute atomic E-state index is 13.2. The lowest BCUT2D eigenvalue weighted by Gasteiger charge is -2.12. The molecule has 9 heteroatoms. The van der Waals surface area contributed by atoms with Crippen molar-refractivity contribution in [1.29, 1.82) is 0 Å². The Labute approximate surface area is 174 Å². The van der Waals surface area contributed by atoms with Crippen LogP contribution in [0.25, 0.3) is 20.7 Å². The fraction of sp³-hybridized carbons (Fsp3) is 0.368. The van der Waals surface area contributed by atoms with Crippen molar-refractivity contribution in [3.63, 3.8) is 0 Å². The second-order valence-electron chi connectivity index (χ2n) is 6.66. The number of thioether (sulfide) groups is 1. The van der Waals surface area contributed by atoms with Crippen molar-refractivity contribution >= 4 is 44.7 Å². The topological polar surface area (TPSA) is 73.8 Å². The van der Waals surface area contributed by atoms with Crippen LogP contribution in [0.5, 0.6) is 0 Å². The van der Waals surface area contributed by atoms with Gasteiger partial charge in [0, 0.05) is 28.3 Å². The van der Waals surface area contributed by atoms with Crippen molar-refractivity contribution in [3.05, 3.63) is 45.0 Å². The predicted molar refractivity (Wildman–Crippen MR) is 116 cm³/mol. The molecule has 0 radical (unpaired) electrons. The summed E-state index contributed by atoms with van der Waals surface area (Å²) in [7, 11) is 0. The van der Waals surface area contributed by atoms with Crippen molar-refractivity contribution in [2.75, 3.05) is 0 Å². The molecule has 28 heavy (non-hydrogen) atoms. The van der Waals surface area contributed by atoms with Crippen LogP contribution < -0.4 is 5.56 Å². The molecule has 6 nitrogen and oxygen atoms in total. The van der Waals surface area contributed by atoms with Gasteiger partial charge >= 0.3 is 0 Å². The lowest BCUT2D eigenvalue weighted by atomic mass is 10.2. The maximum Gasteiger partial charge on any atom is 0.263 e. The third-order valence-corrected chi connectivity index (χ3v) is 7.22. The van der Waals surface area contributed by atoms with E-state index in [1.54, 1.807) is 15.9 Å². The molecule has 0 saturated carbocycles. The number of rotatable bonds is 6. The van der Waals surface area contributed by atoms with Crippen LogP contribution in [0.3, 0.4) is 0 Å². The minimum Gasteiger partial charge on any atom is -0.338 e. The average Bonchev–Trinajstić information content (AvgIpc) is 3.41. The summed E-state index contributed by atoms with van der Waals surface area (Å²) in [6, 6.07) is 4.03. The fourth-order valence-electron chi connectivity index (χ4n) is 2.84. The first-order chi connectivity index (χ1) is 13.5. The number of thiophene rings is 2. The van der Waals surface area contributed by atoms with Gasteiger partial charge in [0.25, 0.3) is 5.56 Å². The number of hydrogen-bond donors (Lipinski definition) is 0. The van der Waals surface area contributed by atoms with Crippen LogP contribution in [-0.4, -0.2) is 19.7 Å². The Bertz CT molecular complexity index is 1160. The van der Waals surface area contributed by atoms with E-state index in [1.165, 1.54) is 23.1 Å². The molecule has 4 heterocycles. The molecule has 0 saturated heterocycles. The van der Waals surface area contributed by atoms with Gasteiger partial charge in [-0.05, 0) is 25.3 Å². The van der Waals surface area contributed by atoms with E-state index in [2.05, 4.69) is 10.1 Å². The quantitative estimate of drug-likeness (QED) is 0.293. The van der Waals surface area contributed by atoms with Gasteiger partial charge in [-0.3, -0.25) is 9.36 Å². The average molecular weight is 433 g/mol. The summed E-state index contributed by atoms with van der Waals surface area (Å²) < 4.78 is 7.14. The highest BCUT2D eigenvalue weighted by Gasteiger charge is 2.22. The Morgan fingerprint density at radius 3 is 2.71 bits per heavy atom. The van der Waals surface area contributed by atoms with Crippen molar-refractivity contribution in [2.24, 2.45) is 0 Å². The third-order valence-electron chi connectivity index (χ3n) is 4.37. The monoisotopic (exact) mass is 432 g/mol. The smallest absolute Gasteiger partial charge is 0.263 e. The van der Waals surface area contributed by atoms with E-state index in [1.807, 2.05) is 50.6 Å². The standard InChI is InChI=1S/C19H20N4O2S3/c1-5-23-18(24)14-12(13-7-6-8-26-13)9-27-17(14)21-19(23)28-11(4)16-20-15(10(2)3)22-25-16/h6-11H,5H2,1-4H3/t11-/m1/s1. The second kappa shape index (κ2) is 7.81. The van der Waals surface area contributed by atoms with Crippen LogP contribution in [0.4, 0.5) is 0 Å². The van der Waals surface area contributed by atoms with E-state index in [-0.39, 0.29) is 16.7 Å². The van der Waals surface area contributed by atoms with Crippen molar-refractivity contribution in [2.45, 2.75) is 50.6 Å². The van der Waals surface area contributed by atoms with Gasteiger partial charge < -0.3 is 4.52 Å². The number of hydrogen-bond acceptors (Lipinski definition) is 8. The molecule has 4 aromatic rings. The molecule has 0 aromatic carbocycles. The van der Waals surface area contributed by atoms with Crippen LogP contribution in [0.1, 0.15) is 50.6 Å². The Morgan fingerprint density at radius 1 is 1.25 bits per heavy atom. The SMILES string of the molecule is CCn1c(S[C@H](C)c2nc(C(C)C)no2)nc2scc(-c3cccs3)c2c1=O. The van der Waals surface area contributed by atoms with E-state index in [9.17, 15) is 4.79 Å². The molecule has 0 fully saturated rings. The zero-order valence-electron chi connectivity index (χ0n) is 16.0.